The second kappa shape index (κ2) is 14.9. The fourth-order valence-corrected chi connectivity index (χ4v) is 18.8. The lowest BCUT2D eigenvalue weighted by molar-refractivity contribution is -0.248. The fourth-order valence-electron chi connectivity index (χ4n) is 18.8. The van der Waals surface area contributed by atoms with Gasteiger partial charge in [-0.1, -0.05) is 168 Å². The summed E-state index contributed by atoms with van der Waals surface area (Å²) in [5.74, 6) is 5.42. The molecular weight excluding hydrogens is 625 g/mol. The Hall–Kier alpha value is -0.260. The lowest BCUT2D eigenvalue weighted by Crippen LogP contribution is -2.73. The van der Waals surface area contributed by atoms with E-state index in [0.717, 1.165) is 35.5 Å². The molecule has 6 saturated carbocycles. The predicted octanol–water partition coefficient (Wildman–Crippen LogP) is 16.6. The van der Waals surface area contributed by atoms with Crippen LogP contribution in [0.3, 0.4) is 0 Å². The molecule has 0 heterocycles. The van der Waals surface area contributed by atoms with Crippen molar-refractivity contribution in [1.82, 2.24) is 0 Å². The van der Waals surface area contributed by atoms with Gasteiger partial charge in [-0.15, -0.1) is 0 Å². The molecule has 8 aliphatic rings. The molecule has 0 N–H and O–H groups in total. The van der Waals surface area contributed by atoms with E-state index < -0.39 is 0 Å². The quantitative estimate of drug-likeness (QED) is 0.241. The fraction of sp³-hybridized carbons (Fsp3) is 0.962. The predicted molar refractivity (Wildman–Crippen MR) is 224 cm³/mol. The van der Waals surface area contributed by atoms with Crippen molar-refractivity contribution in [3.05, 3.63) is 11.1 Å². The van der Waals surface area contributed by atoms with Gasteiger partial charge in [0.25, 0.3) is 0 Å². The molecular formula is C52H88. The zero-order chi connectivity index (χ0) is 36.2. The third kappa shape index (κ3) is 5.41. The number of hydrogen-bond donors (Lipinski definition) is 0. The van der Waals surface area contributed by atoms with Crippen LogP contribution in [-0.4, -0.2) is 0 Å². The van der Waals surface area contributed by atoms with Gasteiger partial charge in [0.05, 0.1) is 0 Å². The second-order valence-electron chi connectivity index (χ2n) is 22.8. The summed E-state index contributed by atoms with van der Waals surface area (Å²) in [7, 11) is 0. The van der Waals surface area contributed by atoms with Crippen molar-refractivity contribution in [1.29, 1.82) is 0 Å². The van der Waals surface area contributed by atoms with E-state index >= 15 is 0 Å². The maximum atomic E-state index is 3.13. The molecule has 8 aliphatic carbocycles. The van der Waals surface area contributed by atoms with Gasteiger partial charge in [-0.05, 0) is 158 Å². The molecule has 0 aromatic rings. The van der Waals surface area contributed by atoms with Gasteiger partial charge in [0.2, 0.25) is 0 Å². The van der Waals surface area contributed by atoms with E-state index in [1.165, 1.54) is 205 Å². The Kier molecular flexibility index (Phi) is 11.1. The van der Waals surface area contributed by atoms with Crippen LogP contribution >= 0.6 is 0 Å². The molecule has 0 saturated heterocycles. The standard InChI is InChI=1S/C52H88/c1-47(39-25-13-7-14-26-39)38-37-45-46(49(47,3)41-29-17-9-18-30-41)50(4,42-31-19-10-20-32-42)52(6,44-35-23-12-24-36-44)51(5,43-33-21-11-22-34-43)48(45,2)40-27-15-8-16-28-40/h39-44H,7-38H2,1-6H3. The van der Waals surface area contributed by atoms with E-state index in [9.17, 15) is 0 Å². The highest BCUT2D eigenvalue weighted by atomic mass is 14.8. The molecule has 0 heteroatoms. The average molecular weight is 713 g/mol. The van der Waals surface area contributed by atoms with E-state index in [0.29, 0.717) is 32.5 Å². The molecule has 6 fully saturated rings. The van der Waals surface area contributed by atoms with Gasteiger partial charge in [0, 0.05) is 0 Å². The molecule has 0 spiro atoms. The lowest BCUT2D eigenvalue weighted by atomic mass is 9.24. The first-order valence-corrected chi connectivity index (χ1v) is 24.8. The molecule has 0 amide bonds. The van der Waals surface area contributed by atoms with E-state index in [-0.39, 0.29) is 0 Å². The van der Waals surface area contributed by atoms with Crippen molar-refractivity contribution in [2.75, 3.05) is 0 Å². The maximum Gasteiger partial charge on any atom is -0.00175 e. The summed E-state index contributed by atoms with van der Waals surface area (Å²) in [5, 5.41) is 0. The smallest absolute Gasteiger partial charge is 0.00175 e. The Labute approximate surface area is 325 Å². The molecule has 0 nitrogen and oxygen atoms in total. The molecule has 0 bridgehead atoms. The molecule has 0 aromatic heterocycles. The first-order chi connectivity index (χ1) is 25.1. The molecule has 0 radical (unpaired) electrons. The average Bonchev–Trinajstić information content (AvgIpc) is 3.22. The highest BCUT2D eigenvalue weighted by Crippen LogP contribution is 2.85. The summed E-state index contributed by atoms with van der Waals surface area (Å²) in [6.07, 6.45) is 48.4. The topological polar surface area (TPSA) is 0 Å². The maximum absolute atomic E-state index is 3.13. The second-order valence-corrected chi connectivity index (χ2v) is 22.8. The van der Waals surface area contributed by atoms with Crippen molar-refractivity contribution in [3.8, 4) is 0 Å². The Morgan fingerprint density at radius 2 is 0.596 bits per heavy atom. The summed E-state index contributed by atoms with van der Waals surface area (Å²) in [4.78, 5) is 0. The van der Waals surface area contributed by atoms with Crippen LogP contribution in [0.1, 0.15) is 247 Å². The molecule has 6 unspecified atom stereocenters. The normalized spacial score (nSPS) is 44.9. The minimum Gasteiger partial charge on any atom is -0.0630 e. The highest BCUT2D eigenvalue weighted by Gasteiger charge is 2.77. The van der Waals surface area contributed by atoms with Crippen LogP contribution in [0.5, 0.6) is 0 Å². The van der Waals surface area contributed by atoms with Gasteiger partial charge < -0.3 is 0 Å². The van der Waals surface area contributed by atoms with Gasteiger partial charge in [0.1, 0.15) is 0 Å². The number of hydrogen-bond acceptors (Lipinski definition) is 0. The number of allylic oxidation sites excluding steroid dienone is 2. The monoisotopic (exact) mass is 713 g/mol. The van der Waals surface area contributed by atoms with Crippen LogP contribution in [0.4, 0.5) is 0 Å². The first-order valence-electron chi connectivity index (χ1n) is 24.8. The zero-order valence-electron chi connectivity index (χ0n) is 36.1. The van der Waals surface area contributed by atoms with Crippen LogP contribution in [0, 0.1) is 68.0 Å². The molecule has 52 heavy (non-hydrogen) atoms. The summed E-state index contributed by atoms with van der Waals surface area (Å²) >= 11 is 0. The third-order valence-corrected chi connectivity index (χ3v) is 21.9. The van der Waals surface area contributed by atoms with Gasteiger partial charge in [-0.3, -0.25) is 0 Å². The first kappa shape index (κ1) is 38.6. The van der Waals surface area contributed by atoms with Gasteiger partial charge in [-0.2, -0.15) is 0 Å². The number of rotatable bonds is 6. The van der Waals surface area contributed by atoms with Crippen LogP contribution in [0.2, 0.25) is 0 Å². The Bertz CT molecular complexity index is 1240. The lowest BCUT2D eigenvalue weighted by Gasteiger charge is -2.80. The van der Waals surface area contributed by atoms with Crippen LogP contribution in [-0.2, 0) is 0 Å². The van der Waals surface area contributed by atoms with Crippen LogP contribution in [0.15, 0.2) is 11.1 Å². The van der Waals surface area contributed by atoms with Crippen LogP contribution in [0.25, 0.3) is 0 Å². The summed E-state index contributed by atoms with van der Waals surface area (Å²) in [6.45, 7) is 18.5. The van der Waals surface area contributed by atoms with E-state index in [1.54, 1.807) is 0 Å². The summed E-state index contributed by atoms with van der Waals surface area (Å²) < 4.78 is 0. The highest BCUT2D eigenvalue weighted by molar-refractivity contribution is 5.48. The van der Waals surface area contributed by atoms with Gasteiger partial charge in [0.15, 0.2) is 0 Å². The Balaban J connectivity index is 1.48. The zero-order valence-corrected chi connectivity index (χ0v) is 36.1. The molecule has 0 aromatic carbocycles. The van der Waals surface area contributed by atoms with E-state index in [1.807, 2.05) is 0 Å². The van der Waals surface area contributed by atoms with E-state index in [4.69, 9.17) is 0 Å². The van der Waals surface area contributed by atoms with Crippen molar-refractivity contribution in [2.24, 2.45) is 68.0 Å². The summed E-state index contributed by atoms with van der Waals surface area (Å²) in [6, 6.07) is 0. The third-order valence-electron chi connectivity index (χ3n) is 21.9. The minimum atomic E-state index is 0.313. The Morgan fingerprint density at radius 1 is 0.308 bits per heavy atom. The summed E-state index contributed by atoms with van der Waals surface area (Å²) in [5.41, 5.74) is 6.60. The molecule has 6 atom stereocenters. The largest absolute Gasteiger partial charge is 0.0630 e. The SMILES string of the molecule is CC1(C2CCCCC2)CCC2=C(C1(C)C1CCCCC1)C(C)(C1CCCCC1)C(C)(C1CCCCC1)C(C)(C1CCCCC1)C2(C)C1CCCCC1. The van der Waals surface area contributed by atoms with E-state index in [2.05, 4.69) is 52.7 Å². The van der Waals surface area contributed by atoms with Crippen LogP contribution < -0.4 is 0 Å². The van der Waals surface area contributed by atoms with Crippen molar-refractivity contribution < 1.29 is 0 Å². The van der Waals surface area contributed by atoms with Crippen molar-refractivity contribution in [3.63, 3.8) is 0 Å². The van der Waals surface area contributed by atoms with Crippen molar-refractivity contribution in [2.45, 2.75) is 247 Å². The molecule has 296 valence electrons. The molecule has 0 aliphatic heterocycles. The van der Waals surface area contributed by atoms with Gasteiger partial charge in [-0.25, -0.2) is 0 Å². The Morgan fingerprint density at radius 3 is 0.981 bits per heavy atom. The molecule has 8 rings (SSSR count). The minimum absolute atomic E-state index is 0.313. The van der Waals surface area contributed by atoms with Gasteiger partial charge >= 0.3 is 0 Å². The van der Waals surface area contributed by atoms with Crippen molar-refractivity contribution >= 4 is 0 Å².